The van der Waals surface area contributed by atoms with Gasteiger partial charge in [-0.25, -0.2) is 0 Å². The van der Waals surface area contributed by atoms with Crippen LogP contribution in [0.4, 0.5) is 0 Å². The van der Waals surface area contributed by atoms with Gasteiger partial charge in [0.2, 0.25) is 5.91 Å². The normalized spacial score (nSPS) is 38.3. The molecule has 0 saturated carbocycles. The first-order chi connectivity index (χ1) is 22.6. The van der Waals surface area contributed by atoms with Gasteiger partial charge in [0.25, 0.3) is 0 Å². The Morgan fingerprint density at radius 2 is 1.69 bits per heavy atom. The number of esters is 1. The van der Waals surface area contributed by atoms with E-state index in [0.29, 0.717) is 51.9 Å². The molecule has 0 aromatic heterocycles. The first-order valence-corrected chi connectivity index (χ1v) is 18.2. The van der Waals surface area contributed by atoms with Crippen LogP contribution in [0, 0.1) is 17.8 Å². The Bertz CT molecular complexity index is 1090. The number of hydrogen-bond acceptors (Lipinski definition) is 11. The lowest BCUT2D eigenvalue weighted by molar-refractivity contribution is -0.295. The van der Waals surface area contributed by atoms with Gasteiger partial charge in [-0.05, 0) is 99.4 Å². The number of aliphatic hydroxyl groups excluding tert-OH is 1. The molecule has 4 rings (SSSR count). The number of amides is 1. The Hall–Kier alpha value is -1.67. The molecule has 4 heterocycles. The molecule has 1 amide bonds. The van der Waals surface area contributed by atoms with Crippen LogP contribution in [-0.4, -0.2) is 158 Å². The third kappa shape index (κ3) is 8.97. The maximum atomic E-state index is 14.0. The third-order valence-corrected chi connectivity index (χ3v) is 11.8. The van der Waals surface area contributed by atoms with Crippen molar-refractivity contribution in [2.45, 2.75) is 121 Å². The maximum absolute atomic E-state index is 14.0. The van der Waals surface area contributed by atoms with E-state index in [1.807, 2.05) is 37.7 Å². The Balaban J connectivity index is 1.56. The summed E-state index contributed by atoms with van der Waals surface area (Å²) in [5, 5.41) is 11.3. The number of likely N-dealkylation sites (N-methyl/N-ethyl adjacent to an activating group) is 2. The molecule has 0 aromatic rings. The van der Waals surface area contributed by atoms with E-state index in [1.54, 1.807) is 21.0 Å². The molecule has 1 spiro atoms. The summed E-state index contributed by atoms with van der Waals surface area (Å²) in [6.07, 6.45) is 3.18. The lowest BCUT2D eigenvalue weighted by Crippen LogP contribution is -2.60. The molecule has 4 aliphatic heterocycles. The third-order valence-electron chi connectivity index (χ3n) is 11.8. The van der Waals surface area contributed by atoms with Gasteiger partial charge in [0.15, 0.2) is 12.1 Å². The highest BCUT2D eigenvalue weighted by atomic mass is 16.7. The Morgan fingerprint density at radius 1 is 1.04 bits per heavy atom. The molecule has 1 unspecified atom stereocenters. The summed E-state index contributed by atoms with van der Waals surface area (Å²) in [5.41, 5.74) is -1.41. The molecule has 1 N–H and O–H groups in total. The fourth-order valence-electron chi connectivity index (χ4n) is 8.53. The van der Waals surface area contributed by atoms with Crippen LogP contribution in [0.25, 0.3) is 0 Å². The van der Waals surface area contributed by atoms with Gasteiger partial charge < -0.3 is 33.9 Å². The van der Waals surface area contributed by atoms with Gasteiger partial charge in [0.05, 0.1) is 29.9 Å². The quantitative estimate of drug-likeness (QED) is 0.329. The molecular formula is C36H64N4O8. The summed E-state index contributed by atoms with van der Waals surface area (Å²) in [6.45, 7) is 13.9. The minimum Gasteiger partial charge on any atom is -0.463 e. The van der Waals surface area contributed by atoms with Crippen LogP contribution in [0.15, 0.2) is 0 Å². The summed E-state index contributed by atoms with van der Waals surface area (Å²) in [7, 11) is 7.53. The lowest BCUT2D eigenvalue weighted by atomic mass is 9.78. The molecule has 0 aromatic carbocycles. The summed E-state index contributed by atoms with van der Waals surface area (Å²) < 4.78 is 25.0. The summed E-state index contributed by atoms with van der Waals surface area (Å²) in [6, 6.07) is -0.183. The van der Waals surface area contributed by atoms with E-state index in [9.17, 15) is 19.5 Å². The van der Waals surface area contributed by atoms with E-state index in [-0.39, 0.29) is 36.4 Å². The molecule has 0 radical (unpaired) electrons. The number of rotatable bonds is 6. The van der Waals surface area contributed by atoms with E-state index in [1.165, 1.54) is 6.42 Å². The zero-order valence-electron chi connectivity index (χ0n) is 31.1. The first-order valence-electron chi connectivity index (χ1n) is 18.2. The minimum atomic E-state index is -1.02. The number of piperidine rings is 2. The maximum Gasteiger partial charge on any atom is 0.316 e. The number of cyclic esters (lactones) is 1. The Morgan fingerprint density at radius 3 is 2.29 bits per heavy atom. The van der Waals surface area contributed by atoms with Gasteiger partial charge in [-0.2, -0.15) is 0 Å². The molecule has 12 heteroatoms. The first kappa shape index (κ1) is 39.1. The van der Waals surface area contributed by atoms with Gasteiger partial charge in [0, 0.05) is 38.7 Å². The molecule has 48 heavy (non-hydrogen) atoms. The number of ketones is 1. The Kier molecular flexibility index (Phi) is 13.5. The predicted molar refractivity (Wildman–Crippen MR) is 182 cm³/mol. The summed E-state index contributed by atoms with van der Waals surface area (Å²) in [5.74, 6) is -2.38. The van der Waals surface area contributed by atoms with Crippen molar-refractivity contribution in [2.75, 3.05) is 74.1 Å². The van der Waals surface area contributed by atoms with Crippen molar-refractivity contribution < 1.29 is 38.4 Å². The Labute approximate surface area is 288 Å². The monoisotopic (exact) mass is 680 g/mol. The molecule has 0 bridgehead atoms. The molecule has 9 atom stereocenters. The van der Waals surface area contributed by atoms with Gasteiger partial charge in [-0.3, -0.25) is 24.2 Å². The topological polar surface area (TPSA) is 121 Å². The standard InChI is InChI=1S/C36H64N4O8/c1-24-20-35(5,45-9)32(48-34-31(43)28(37(6)7)19-25(2)47-34)26(3)30(42)27(4)33(44)46-23-36(38(8)21-24)13-17-40(18-14-36)29(41)22-39-15-11-10-12-16-39/h24-28,31-32,34,43H,10-23H2,1-9H3/t24-,25-,26+,27?,28+,31-,32-,34+,35-/m1/s1. The van der Waals surface area contributed by atoms with E-state index in [2.05, 4.69) is 23.8 Å². The van der Waals surface area contributed by atoms with Crippen LogP contribution in [0.3, 0.4) is 0 Å². The van der Waals surface area contributed by atoms with Crippen molar-refractivity contribution >= 4 is 17.7 Å². The average Bonchev–Trinajstić information content (AvgIpc) is 3.06. The van der Waals surface area contributed by atoms with Gasteiger partial charge in [-0.15, -0.1) is 0 Å². The van der Waals surface area contributed by atoms with Crippen molar-refractivity contribution in [1.29, 1.82) is 0 Å². The summed E-state index contributed by atoms with van der Waals surface area (Å²) >= 11 is 0. The largest absolute Gasteiger partial charge is 0.463 e. The molecule has 4 aliphatic rings. The molecule has 4 fully saturated rings. The second-order valence-electron chi connectivity index (χ2n) is 15.8. The second kappa shape index (κ2) is 16.6. The van der Waals surface area contributed by atoms with Crippen LogP contribution in [0.5, 0.6) is 0 Å². The fourth-order valence-corrected chi connectivity index (χ4v) is 8.53. The number of nitrogens with zero attached hydrogens (tertiary/aromatic N) is 4. The SMILES string of the molecule is CO[C@]1(C)C[C@@H](C)CN(C)C2(CCN(C(=O)CN3CCCCC3)CC2)COC(=O)C(C)C(=O)[C@H](C)[C@H]1O[C@@H]1O[C@H](C)C[C@H](N(C)C)[C@H]1O. The number of methoxy groups -OCH3 is 1. The van der Waals surface area contributed by atoms with Crippen LogP contribution in [-0.2, 0) is 33.3 Å². The van der Waals surface area contributed by atoms with E-state index >= 15 is 0 Å². The fraction of sp³-hybridized carbons (Fsp3) is 0.917. The zero-order chi connectivity index (χ0) is 35.4. The van der Waals surface area contributed by atoms with Crippen molar-refractivity contribution in [2.24, 2.45) is 17.8 Å². The van der Waals surface area contributed by atoms with Crippen LogP contribution < -0.4 is 0 Å². The van der Waals surface area contributed by atoms with Gasteiger partial charge >= 0.3 is 5.97 Å². The van der Waals surface area contributed by atoms with E-state index in [4.69, 9.17) is 18.9 Å². The van der Waals surface area contributed by atoms with Crippen LogP contribution in [0.1, 0.15) is 79.6 Å². The molecule has 0 aliphatic carbocycles. The van der Waals surface area contributed by atoms with Gasteiger partial charge in [-0.1, -0.05) is 20.3 Å². The predicted octanol–water partition coefficient (Wildman–Crippen LogP) is 2.41. The number of carbonyl (C=O) groups excluding carboxylic acids is 3. The number of hydrogen-bond donors (Lipinski definition) is 1. The minimum absolute atomic E-state index is 0.100. The number of Topliss-reactive ketones (excluding diaryl/α,β-unsaturated/α-hetero) is 1. The van der Waals surface area contributed by atoms with Crippen molar-refractivity contribution in [3.8, 4) is 0 Å². The highest BCUT2D eigenvalue weighted by Gasteiger charge is 2.50. The smallest absolute Gasteiger partial charge is 0.316 e. The van der Waals surface area contributed by atoms with Crippen molar-refractivity contribution in [3.63, 3.8) is 0 Å². The number of carbonyl (C=O) groups is 3. The van der Waals surface area contributed by atoms with Crippen molar-refractivity contribution in [1.82, 2.24) is 19.6 Å². The van der Waals surface area contributed by atoms with Crippen molar-refractivity contribution in [3.05, 3.63) is 0 Å². The molecule has 4 saturated heterocycles. The van der Waals surface area contributed by atoms with Crippen LogP contribution >= 0.6 is 0 Å². The number of ether oxygens (including phenoxy) is 4. The number of likely N-dealkylation sites (tertiary alicyclic amines) is 2. The van der Waals surface area contributed by atoms with E-state index < -0.39 is 47.4 Å². The lowest BCUT2D eigenvalue weighted by Gasteiger charge is -2.49. The van der Waals surface area contributed by atoms with E-state index in [0.717, 1.165) is 25.9 Å². The molecular weight excluding hydrogens is 616 g/mol. The summed E-state index contributed by atoms with van der Waals surface area (Å²) in [4.78, 5) is 49.3. The van der Waals surface area contributed by atoms with Gasteiger partial charge in [0.1, 0.15) is 18.6 Å². The average molecular weight is 681 g/mol. The molecule has 12 nitrogen and oxygen atoms in total. The highest BCUT2D eigenvalue weighted by Crippen LogP contribution is 2.38. The highest BCUT2D eigenvalue weighted by molar-refractivity contribution is 6.00. The number of aliphatic hydroxyl groups is 1. The second-order valence-corrected chi connectivity index (χ2v) is 15.8. The molecule has 276 valence electrons. The van der Waals surface area contributed by atoms with Crippen LogP contribution in [0.2, 0.25) is 0 Å². The zero-order valence-corrected chi connectivity index (χ0v) is 31.1.